The molecule has 0 aliphatic carbocycles. The Morgan fingerprint density at radius 2 is 2.18 bits per heavy atom. The normalized spacial score (nSPS) is 14.2. The highest BCUT2D eigenvalue weighted by Gasteiger charge is 2.25. The van der Waals surface area contributed by atoms with Crippen LogP contribution in [0.1, 0.15) is 17.9 Å². The molecule has 2 aromatic rings. The Hall–Kier alpha value is -2.82. The molecule has 0 unspecified atom stereocenters. The third kappa shape index (κ3) is 3.09. The first-order valence-electron chi connectivity index (χ1n) is 7.08. The topological polar surface area (TPSA) is 62.6 Å². The van der Waals surface area contributed by atoms with E-state index in [4.69, 9.17) is 4.42 Å². The van der Waals surface area contributed by atoms with E-state index in [2.05, 4.69) is 5.32 Å². The molecule has 0 atom stereocenters. The van der Waals surface area contributed by atoms with Crippen LogP contribution in [0.3, 0.4) is 0 Å². The van der Waals surface area contributed by atoms with Crippen molar-refractivity contribution in [3.8, 4) is 0 Å². The largest absolute Gasteiger partial charge is 0.462 e. The number of furan rings is 1. The third-order valence-electron chi connectivity index (χ3n) is 3.44. The van der Waals surface area contributed by atoms with Crippen LogP contribution in [0.15, 0.2) is 46.9 Å². The highest BCUT2D eigenvalue weighted by atomic mass is 16.3. The van der Waals surface area contributed by atoms with Crippen LogP contribution in [0.5, 0.6) is 0 Å². The van der Waals surface area contributed by atoms with E-state index in [-0.39, 0.29) is 11.8 Å². The number of nitrogens with zero attached hydrogens (tertiary/aromatic N) is 1. The Kier molecular flexibility index (Phi) is 3.78. The Morgan fingerprint density at radius 1 is 1.32 bits per heavy atom. The van der Waals surface area contributed by atoms with Crippen molar-refractivity contribution in [1.82, 2.24) is 0 Å². The van der Waals surface area contributed by atoms with Crippen molar-refractivity contribution >= 4 is 29.3 Å². The van der Waals surface area contributed by atoms with Gasteiger partial charge in [0.2, 0.25) is 11.8 Å². The van der Waals surface area contributed by atoms with Gasteiger partial charge in [0.15, 0.2) is 0 Å². The second kappa shape index (κ2) is 5.89. The molecule has 5 nitrogen and oxygen atoms in total. The highest BCUT2D eigenvalue weighted by Crippen LogP contribution is 2.24. The van der Waals surface area contributed by atoms with Gasteiger partial charge in [-0.3, -0.25) is 9.59 Å². The smallest absolute Gasteiger partial charge is 0.248 e. The number of anilines is 2. The Bertz CT molecular complexity index is 746. The fraction of sp³-hybridized carbons (Fsp3) is 0.176. The van der Waals surface area contributed by atoms with Crippen LogP contribution < -0.4 is 10.2 Å². The zero-order valence-corrected chi connectivity index (χ0v) is 12.2. The Labute approximate surface area is 128 Å². The lowest BCUT2D eigenvalue weighted by Gasteiger charge is -2.30. The van der Waals surface area contributed by atoms with Crippen LogP contribution >= 0.6 is 0 Å². The summed E-state index contributed by atoms with van der Waals surface area (Å²) in [4.78, 5) is 25.0. The van der Waals surface area contributed by atoms with Crippen LogP contribution in [0, 0.1) is 6.92 Å². The fourth-order valence-corrected chi connectivity index (χ4v) is 2.22. The molecule has 1 aliphatic rings. The molecule has 0 spiro atoms. The average Bonchev–Trinajstić information content (AvgIpc) is 2.90. The number of aryl methyl sites for hydroxylation is 1. The predicted molar refractivity (Wildman–Crippen MR) is 84.5 cm³/mol. The first-order chi connectivity index (χ1) is 10.6. The molecule has 1 aromatic carbocycles. The predicted octanol–water partition coefficient (Wildman–Crippen LogP) is 2.98. The summed E-state index contributed by atoms with van der Waals surface area (Å²) in [7, 11) is 0. The second-order valence-electron chi connectivity index (χ2n) is 5.12. The lowest BCUT2D eigenvalue weighted by atomic mass is 10.1. The number of carbonyl (C=O) groups is 2. The average molecular weight is 296 g/mol. The van der Waals surface area contributed by atoms with E-state index in [9.17, 15) is 9.59 Å². The minimum atomic E-state index is -0.249. The van der Waals surface area contributed by atoms with E-state index < -0.39 is 0 Å². The van der Waals surface area contributed by atoms with Gasteiger partial charge in [0, 0.05) is 30.4 Å². The first kappa shape index (κ1) is 14.1. The summed E-state index contributed by atoms with van der Waals surface area (Å²) < 4.78 is 5.36. The van der Waals surface area contributed by atoms with Crippen molar-refractivity contribution in [3.05, 3.63) is 54.0 Å². The summed E-state index contributed by atoms with van der Waals surface area (Å²) >= 11 is 0. The number of hydrogen-bond acceptors (Lipinski definition) is 3. The molecule has 112 valence electrons. The minimum Gasteiger partial charge on any atom is -0.462 e. The quantitative estimate of drug-likeness (QED) is 0.697. The summed E-state index contributed by atoms with van der Waals surface area (Å²) in [6, 6.07) is 10.9. The van der Waals surface area contributed by atoms with E-state index in [0.29, 0.717) is 17.9 Å². The van der Waals surface area contributed by atoms with Crippen LogP contribution in [0.2, 0.25) is 0 Å². The molecule has 0 radical (unpaired) electrons. The molecule has 1 fully saturated rings. The zero-order chi connectivity index (χ0) is 15.5. The highest BCUT2D eigenvalue weighted by molar-refractivity contribution is 6.03. The summed E-state index contributed by atoms with van der Waals surface area (Å²) in [6.07, 6.45) is 3.62. The molecule has 2 amide bonds. The van der Waals surface area contributed by atoms with Crippen LogP contribution in [0.4, 0.5) is 11.4 Å². The maximum Gasteiger partial charge on any atom is 0.248 e. The van der Waals surface area contributed by atoms with E-state index in [1.807, 2.05) is 25.1 Å². The molecule has 1 aromatic heterocycles. The van der Waals surface area contributed by atoms with Crippen LogP contribution in [-0.2, 0) is 9.59 Å². The van der Waals surface area contributed by atoms with Crippen LogP contribution in [-0.4, -0.2) is 18.4 Å². The standard InChI is InChI=1S/C17H16N2O3/c1-12-5-6-15(22-12)7-8-16(20)18-13-3-2-4-14(11-13)19-10-9-17(19)21/h2-8,11H,9-10H2,1H3,(H,18,20)/b8-7+. The van der Waals surface area contributed by atoms with Gasteiger partial charge in [-0.05, 0) is 43.3 Å². The van der Waals surface area contributed by atoms with Crippen molar-refractivity contribution in [2.75, 3.05) is 16.8 Å². The maximum atomic E-state index is 11.9. The molecule has 0 bridgehead atoms. The number of rotatable bonds is 4. The van der Waals surface area contributed by atoms with E-state index >= 15 is 0 Å². The van der Waals surface area contributed by atoms with E-state index in [1.54, 1.807) is 29.2 Å². The molecule has 1 N–H and O–H groups in total. The third-order valence-corrected chi connectivity index (χ3v) is 3.44. The van der Waals surface area contributed by atoms with Crippen molar-refractivity contribution < 1.29 is 14.0 Å². The second-order valence-corrected chi connectivity index (χ2v) is 5.12. The van der Waals surface area contributed by atoms with Gasteiger partial charge < -0.3 is 14.6 Å². The van der Waals surface area contributed by atoms with Gasteiger partial charge in [-0.1, -0.05) is 6.07 Å². The van der Waals surface area contributed by atoms with Gasteiger partial charge in [0.1, 0.15) is 11.5 Å². The van der Waals surface area contributed by atoms with Gasteiger partial charge in [0.25, 0.3) is 0 Å². The molecule has 2 heterocycles. The van der Waals surface area contributed by atoms with E-state index in [0.717, 1.165) is 18.0 Å². The monoisotopic (exact) mass is 296 g/mol. The first-order valence-corrected chi connectivity index (χ1v) is 7.08. The molecule has 0 saturated carbocycles. The number of hydrogen-bond donors (Lipinski definition) is 1. The van der Waals surface area contributed by atoms with Gasteiger partial charge in [-0.15, -0.1) is 0 Å². The summed E-state index contributed by atoms with van der Waals surface area (Å²) in [5, 5.41) is 2.77. The Balaban J connectivity index is 1.65. The number of amides is 2. The van der Waals surface area contributed by atoms with Gasteiger partial charge >= 0.3 is 0 Å². The zero-order valence-electron chi connectivity index (χ0n) is 12.2. The SMILES string of the molecule is Cc1ccc(/C=C/C(=O)Nc2cccc(N3CCC3=O)c2)o1. The molecule has 3 rings (SSSR count). The van der Waals surface area contributed by atoms with E-state index in [1.165, 1.54) is 6.08 Å². The number of nitrogens with one attached hydrogen (secondary N) is 1. The van der Waals surface area contributed by atoms with Crippen molar-refractivity contribution in [3.63, 3.8) is 0 Å². The number of β-lactam (4-membered cyclic amide) rings is 1. The minimum absolute atomic E-state index is 0.108. The van der Waals surface area contributed by atoms with Crippen molar-refractivity contribution in [2.45, 2.75) is 13.3 Å². The molecule has 1 aliphatic heterocycles. The molecular weight excluding hydrogens is 280 g/mol. The van der Waals surface area contributed by atoms with Crippen molar-refractivity contribution in [2.24, 2.45) is 0 Å². The van der Waals surface area contributed by atoms with Gasteiger partial charge in [0.05, 0.1) is 0 Å². The summed E-state index contributed by atoms with van der Waals surface area (Å²) in [5.41, 5.74) is 1.46. The molecule has 5 heteroatoms. The molecule has 1 saturated heterocycles. The number of carbonyl (C=O) groups excluding carboxylic acids is 2. The fourth-order valence-electron chi connectivity index (χ4n) is 2.22. The van der Waals surface area contributed by atoms with Crippen molar-refractivity contribution in [1.29, 1.82) is 0 Å². The molecular formula is C17H16N2O3. The molecule has 22 heavy (non-hydrogen) atoms. The lowest BCUT2D eigenvalue weighted by Crippen LogP contribution is -2.43. The number of benzene rings is 1. The Morgan fingerprint density at radius 3 is 2.82 bits per heavy atom. The lowest BCUT2D eigenvalue weighted by molar-refractivity contribution is -0.122. The van der Waals surface area contributed by atoms with Gasteiger partial charge in [-0.25, -0.2) is 0 Å². The maximum absolute atomic E-state index is 11.9. The van der Waals surface area contributed by atoms with Crippen LogP contribution in [0.25, 0.3) is 6.08 Å². The van der Waals surface area contributed by atoms with Gasteiger partial charge in [-0.2, -0.15) is 0 Å². The summed E-state index contributed by atoms with van der Waals surface area (Å²) in [5.74, 6) is 1.29. The summed E-state index contributed by atoms with van der Waals surface area (Å²) in [6.45, 7) is 2.58.